The van der Waals surface area contributed by atoms with Crippen LogP contribution >= 0.6 is 0 Å². The molecule has 2 unspecified atom stereocenters. The van der Waals surface area contributed by atoms with E-state index in [1.54, 1.807) is 0 Å². The van der Waals surface area contributed by atoms with E-state index >= 15 is 0 Å². The van der Waals surface area contributed by atoms with Gasteiger partial charge in [-0.2, -0.15) is 0 Å². The monoisotopic (exact) mass is 222 g/mol. The molecule has 0 aliphatic carbocycles. The average molecular weight is 222 g/mol. The normalized spacial score (nSPS) is 45.0. The second-order valence-corrected chi connectivity index (χ2v) is 6.35. The summed E-state index contributed by atoms with van der Waals surface area (Å²) in [6.07, 6.45) is 14.3. The summed E-state index contributed by atoms with van der Waals surface area (Å²) in [7, 11) is 0. The van der Waals surface area contributed by atoms with Crippen LogP contribution in [-0.4, -0.2) is 24.2 Å². The number of hydrogen-bond acceptors (Lipinski definition) is 2. The summed E-state index contributed by atoms with van der Waals surface area (Å²) in [6.45, 7) is 2.45. The molecule has 2 nitrogen and oxygen atoms in total. The zero-order chi connectivity index (χ0) is 10.9. The van der Waals surface area contributed by atoms with E-state index in [1.165, 1.54) is 77.3 Å². The van der Waals surface area contributed by atoms with Gasteiger partial charge in [0.25, 0.3) is 0 Å². The summed E-state index contributed by atoms with van der Waals surface area (Å²) in [5.41, 5.74) is 1.02. The Hall–Kier alpha value is -0.0800. The molecule has 3 aliphatic heterocycles. The first kappa shape index (κ1) is 11.0. The smallest absolute Gasteiger partial charge is 0.0199 e. The molecular formula is C14H26N2. The Kier molecular flexibility index (Phi) is 2.97. The van der Waals surface area contributed by atoms with Gasteiger partial charge in [-0.1, -0.05) is 25.7 Å². The van der Waals surface area contributed by atoms with E-state index in [4.69, 9.17) is 0 Å². The number of hydrogen-bond donors (Lipinski definition) is 2. The molecule has 0 aromatic heterocycles. The highest BCUT2D eigenvalue weighted by Gasteiger charge is 2.46. The van der Waals surface area contributed by atoms with E-state index in [1.807, 2.05) is 0 Å². The van der Waals surface area contributed by atoms with Crippen molar-refractivity contribution in [2.45, 2.75) is 75.3 Å². The molecule has 3 heterocycles. The van der Waals surface area contributed by atoms with Crippen LogP contribution in [0.2, 0.25) is 0 Å². The van der Waals surface area contributed by atoms with Gasteiger partial charge in [0, 0.05) is 11.1 Å². The van der Waals surface area contributed by atoms with Crippen LogP contribution in [0.25, 0.3) is 0 Å². The van der Waals surface area contributed by atoms with Crippen molar-refractivity contribution in [3.05, 3.63) is 0 Å². The Morgan fingerprint density at radius 1 is 0.562 bits per heavy atom. The molecule has 2 atom stereocenters. The molecule has 3 fully saturated rings. The molecule has 3 aliphatic rings. The molecule has 2 bridgehead atoms. The van der Waals surface area contributed by atoms with Crippen LogP contribution < -0.4 is 10.6 Å². The third-order valence-electron chi connectivity index (χ3n) is 5.23. The minimum atomic E-state index is 0.512. The lowest BCUT2D eigenvalue weighted by Gasteiger charge is -2.38. The van der Waals surface area contributed by atoms with Crippen molar-refractivity contribution in [2.24, 2.45) is 0 Å². The highest BCUT2D eigenvalue weighted by molar-refractivity contribution is 5.07. The van der Waals surface area contributed by atoms with Crippen LogP contribution in [0.15, 0.2) is 0 Å². The first-order valence-corrected chi connectivity index (χ1v) is 7.33. The number of rotatable bonds is 0. The molecule has 2 N–H and O–H groups in total. The van der Waals surface area contributed by atoms with E-state index < -0.39 is 0 Å². The van der Waals surface area contributed by atoms with E-state index in [9.17, 15) is 0 Å². The zero-order valence-electron chi connectivity index (χ0n) is 10.5. The van der Waals surface area contributed by atoms with Gasteiger partial charge in [0.15, 0.2) is 0 Å². The molecule has 92 valence electrons. The maximum Gasteiger partial charge on any atom is 0.0199 e. The van der Waals surface area contributed by atoms with Gasteiger partial charge < -0.3 is 10.6 Å². The molecule has 0 saturated carbocycles. The van der Waals surface area contributed by atoms with Crippen molar-refractivity contribution >= 4 is 0 Å². The maximum atomic E-state index is 4.12. The molecule has 0 radical (unpaired) electrons. The van der Waals surface area contributed by atoms with Gasteiger partial charge in [-0.15, -0.1) is 0 Å². The molecule has 3 rings (SSSR count). The maximum absolute atomic E-state index is 4.12. The van der Waals surface area contributed by atoms with Crippen LogP contribution in [0, 0.1) is 0 Å². The Morgan fingerprint density at radius 3 is 1.69 bits per heavy atom. The third kappa shape index (κ3) is 2.02. The first-order chi connectivity index (χ1) is 7.83. The minimum Gasteiger partial charge on any atom is -0.317 e. The molecular weight excluding hydrogens is 196 g/mol. The summed E-state index contributed by atoms with van der Waals surface area (Å²) >= 11 is 0. The highest BCUT2D eigenvalue weighted by atomic mass is 15.1. The van der Waals surface area contributed by atoms with Crippen molar-refractivity contribution < 1.29 is 0 Å². The predicted molar refractivity (Wildman–Crippen MR) is 67.6 cm³/mol. The first-order valence-electron chi connectivity index (χ1n) is 7.33. The van der Waals surface area contributed by atoms with Crippen molar-refractivity contribution in [3.8, 4) is 0 Å². The van der Waals surface area contributed by atoms with E-state index in [0.717, 1.165) is 0 Å². The van der Waals surface area contributed by atoms with Gasteiger partial charge >= 0.3 is 0 Å². The minimum absolute atomic E-state index is 0.512. The Bertz CT molecular complexity index is 221. The topological polar surface area (TPSA) is 24.1 Å². The Labute approximate surface area is 99.6 Å². The fourth-order valence-electron chi connectivity index (χ4n) is 4.23. The van der Waals surface area contributed by atoms with Crippen molar-refractivity contribution in [1.82, 2.24) is 10.6 Å². The van der Waals surface area contributed by atoms with Gasteiger partial charge in [-0.05, 0) is 51.6 Å². The molecule has 0 aromatic carbocycles. The van der Waals surface area contributed by atoms with Crippen LogP contribution in [0.4, 0.5) is 0 Å². The lowest BCUT2D eigenvalue weighted by Crippen LogP contribution is -2.54. The van der Waals surface area contributed by atoms with E-state index in [0.29, 0.717) is 11.1 Å². The molecule has 2 heteroatoms. The Balaban J connectivity index is 1.84. The average Bonchev–Trinajstić information content (AvgIpc) is 2.68. The molecule has 0 spiro atoms. The molecule has 0 aromatic rings. The van der Waals surface area contributed by atoms with Crippen LogP contribution in [0.1, 0.15) is 64.2 Å². The van der Waals surface area contributed by atoms with Crippen molar-refractivity contribution in [2.75, 3.05) is 13.1 Å². The summed E-state index contributed by atoms with van der Waals surface area (Å²) in [5.74, 6) is 0. The van der Waals surface area contributed by atoms with Crippen LogP contribution in [-0.2, 0) is 0 Å². The lowest BCUT2D eigenvalue weighted by molar-refractivity contribution is 0.223. The van der Waals surface area contributed by atoms with Crippen molar-refractivity contribution in [1.29, 1.82) is 0 Å². The van der Waals surface area contributed by atoms with Crippen LogP contribution in [0.5, 0.6) is 0 Å². The van der Waals surface area contributed by atoms with Gasteiger partial charge in [0.05, 0.1) is 0 Å². The largest absolute Gasteiger partial charge is 0.317 e. The summed E-state index contributed by atoms with van der Waals surface area (Å²) in [5, 5.41) is 7.76. The van der Waals surface area contributed by atoms with E-state index in [2.05, 4.69) is 10.6 Å². The van der Waals surface area contributed by atoms with Gasteiger partial charge in [0.1, 0.15) is 0 Å². The number of nitrogens with one attached hydrogen (secondary N) is 2. The van der Waals surface area contributed by atoms with E-state index in [-0.39, 0.29) is 0 Å². The van der Waals surface area contributed by atoms with Gasteiger partial charge in [-0.3, -0.25) is 0 Å². The SMILES string of the molecule is C1CCCC23CCNCCC(CC1)(CC2)N3. The van der Waals surface area contributed by atoms with Gasteiger partial charge in [0.2, 0.25) is 0 Å². The lowest BCUT2D eigenvalue weighted by atomic mass is 9.85. The highest BCUT2D eigenvalue weighted by Crippen LogP contribution is 2.42. The predicted octanol–water partition coefficient (Wildman–Crippen LogP) is 2.59. The Morgan fingerprint density at radius 2 is 1.12 bits per heavy atom. The zero-order valence-corrected chi connectivity index (χ0v) is 10.5. The summed E-state index contributed by atoms with van der Waals surface area (Å²) < 4.78 is 0. The second kappa shape index (κ2) is 4.30. The van der Waals surface area contributed by atoms with Gasteiger partial charge in [-0.25, -0.2) is 0 Å². The third-order valence-corrected chi connectivity index (χ3v) is 5.23. The molecule has 3 saturated heterocycles. The fraction of sp³-hybridized carbons (Fsp3) is 1.00. The standard InChI is InChI=1S/C14H26N2/c1-2-4-6-14-8-7-13(16-14,5-3-1)9-11-15-12-10-14/h15-16H,1-12H2. The fourth-order valence-corrected chi connectivity index (χ4v) is 4.23. The quantitative estimate of drug-likeness (QED) is 0.658. The summed E-state index contributed by atoms with van der Waals surface area (Å²) in [6, 6.07) is 0. The second-order valence-electron chi connectivity index (χ2n) is 6.35. The summed E-state index contributed by atoms with van der Waals surface area (Å²) in [4.78, 5) is 0. The van der Waals surface area contributed by atoms with Crippen molar-refractivity contribution in [3.63, 3.8) is 0 Å². The molecule has 0 amide bonds. The van der Waals surface area contributed by atoms with Crippen LogP contribution in [0.3, 0.4) is 0 Å². The molecule has 16 heavy (non-hydrogen) atoms.